The lowest BCUT2D eigenvalue weighted by Crippen LogP contribution is -2.29. The Morgan fingerprint density at radius 1 is 0.963 bits per heavy atom. The molecule has 0 spiro atoms. The average molecular weight is 358 g/mol. The normalized spacial score (nSPS) is 13.0. The van der Waals surface area contributed by atoms with Crippen molar-refractivity contribution in [3.05, 3.63) is 83.2 Å². The van der Waals surface area contributed by atoms with Gasteiger partial charge in [0.15, 0.2) is 0 Å². The van der Waals surface area contributed by atoms with Gasteiger partial charge in [-0.2, -0.15) is 0 Å². The number of amides is 2. The highest BCUT2D eigenvalue weighted by atomic mass is 16.5. The summed E-state index contributed by atoms with van der Waals surface area (Å²) in [6.45, 7) is 2.22. The Morgan fingerprint density at radius 2 is 1.81 bits per heavy atom. The zero-order valence-electron chi connectivity index (χ0n) is 15.1. The minimum Gasteiger partial charge on any atom is -0.496 e. The van der Waals surface area contributed by atoms with Gasteiger partial charge in [-0.1, -0.05) is 35.9 Å². The van der Waals surface area contributed by atoms with Crippen LogP contribution in [0, 0.1) is 6.92 Å². The predicted octanol–water partition coefficient (Wildman–Crippen LogP) is 3.86. The molecule has 0 radical (unpaired) electrons. The number of nitrogens with zero attached hydrogens (tertiary/aromatic N) is 2. The zero-order chi connectivity index (χ0) is 19.0. The van der Waals surface area contributed by atoms with Crippen LogP contribution in [0.1, 0.15) is 32.0 Å². The second-order valence-corrected chi connectivity index (χ2v) is 6.50. The topological polar surface area (TPSA) is 59.5 Å². The van der Waals surface area contributed by atoms with Gasteiger partial charge in [0, 0.05) is 11.8 Å². The Bertz CT molecular complexity index is 1020. The van der Waals surface area contributed by atoms with E-state index in [0.29, 0.717) is 5.56 Å². The molecule has 0 aliphatic carbocycles. The summed E-state index contributed by atoms with van der Waals surface area (Å²) in [6.07, 6.45) is 1.52. The van der Waals surface area contributed by atoms with Gasteiger partial charge in [0.2, 0.25) is 0 Å². The van der Waals surface area contributed by atoms with Gasteiger partial charge < -0.3 is 4.74 Å². The van der Waals surface area contributed by atoms with Crippen LogP contribution in [0.25, 0.3) is 11.1 Å². The molecule has 0 fully saturated rings. The van der Waals surface area contributed by atoms with E-state index in [1.165, 1.54) is 11.1 Å². The van der Waals surface area contributed by atoms with Crippen LogP contribution in [0.3, 0.4) is 0 Å². The molecule has 1 aromatic heterocycles. The molecule has 0 saturated heterocycles. The maximum Gasteiger partial charge on any atom is 0.280 e. The first-order chi connectivity index (χ1) is 13.1. The first-order valence-corrected chi connectivity index (χ1v) is 8.63. The fourth-order valence-corrected chi connectivity index (χ4v) is 3.33. The van der Waals surface area contributed by atoms with Gasteiger partial charge in [-0.3, -0.25) is 19.5 Å². The number of rotatable bonds is 4. The molecule has 134 valence electrons. The molecular weight excluding hydrogens is 340 g/mol. The number of pyridine rings is 1. The summed E-state index contributed by atoms with van der Waals surface area (Å²) in [5, 5.41) is 0. The summed E-state index contributed by atoms with van der Waals surface area (Å²) in [7, 11) is 1.63. The Balaban J connectivity index is 1.69. The number of hydrogen-bond acceptors (Lipinski definition) is 4. The van der Waals surface area contributed by atoms with Crippen molar-refractivity contribution >= 4 is 11.8 Å². The molecule has 27 heavy (non-hydrogen) atoms. The van der Waals surface area contributed by atoms with Gasteiger partial charge in [-0.05, 0) is 42.3 Å². The molecule has 2 heterocycles. The van der Waals surface area contributed by atoms with Gasteiger partial charge in [-0.25, -0.2) is 0 Å². The molecular formula is C22H18N2O3. The van der Waals surface area contributed by atoms with Crippen LogP contribution >= 0.6 is 0 Å². The summed E-state index contributed by atoms with van der Waals surface area (Å²) < 4.78 is 5.50. The average Bonchev–Trinajstić information content (AvgIpc) is 2.93. The molecule has 2 aromatic carbocycles. The fraction of sp³-hybridized carbons (Fsp3) is 0.136. The van der Waals surface area contributed by atoms with Crippen LogP contribution in [0.4, 0.5) is 0 Å². The van der Waals surface area contributed by atoms with E-state index in [1.807, 2.05) is 43.3 Å². The molecule has 2 amide bonds. The SMILES string of the molecule is COc1ccc(CN2C(=O)c3cccnc3C2=O)cc1-c1cccc(C)c1. The third-order valence-corrected chi connectivity index (χ3v) is 4.66. The highest BCUT2D eigenvalue weighted by Crippen LogP contribution is 2.32. The van der Waals surface area contributed by atoms with Crippen molar-refractivity contribution in [2.75, 3.05) is 7.11 Å². The molecule has 0 N–H and O–H groups in total. The third-order valence-electron chi connectivity index (χ3n) is 4.66. The molecule has 1 aliphatic rings. The summed E-state index contributed by atoms with van der Waals surface area (Å²) >= 11 is 0. The lowest BCUT2D eigenvalue weighted by Gasteiger charge is -2.16. The molecule has 1 aliphatic heterocycles. The number of aromatic nitrogens is 1. The summed E-state index contributed by atoms with van der Waals surface area (Å²) in [5.74, 6) is 0.0768. The highest BCUT2D eigenvalue weighted by molar-refractivity contribution is 6.20. The van der Waals surface area contributed by atoms with Gasteiger partial charge in [0.05, 0.1) is 19.2 Å². The van der Waals surface area contributed by atoms with E-state index < -0.39 is 0 Å². The van der Waals surface area contributed by atoms with E-state index in [2.05, 4.69) is 11.1 Å². The number of imide groups is 1. The second-order valence-electron chi connectivity index (χ2n) is 6.50. The van der Waals surface area contributed by atoms with Gasteiger partial charge >= 0.3 is 0 Å². The second kappa shape index (κ2) is 6.68. The number of carbonyl (C=O) groups excluding carboxylic acids is 2. The van der Waals surface area contributed by atoms with Gasteiger partial charge in [0.1, 0.15) is 11.4 Å². The van der Waals surface area contributed by atoms with Crippen molar-refractivity contribution in [2.45, 2.75) is 13.5 Å². The smallest absolute Gasteiger partial charge is 0.280 e. The largest absolute Gasteiger partial charge is 0.496 e. The van der Waals surface area contributed by atoms with Crippen molar-refractivity contribution in [3.63, 3.8) is 0 Å². The molecule has 0 bridgehead atoms. The lowest BCUT2D eigenvalue weighted by molar-refractivity contribution is 0.0640. The van der Waals surface area contributed by atoms with E-state index >= 15 is 0 Å². The molecule has 5 heteroatoms. The molecule has 5 nitrogen and oxygen atoms in total. The molecule has 0 unspecified atom stereocenters. The third kappa shape index (κ3) is 2.97. The van der Waals surface area contributed by atoms with Crippen LogP contribution in [0.15, 0.2) is 60.8 Å². The van der Waals surface area contributed by atoms with Crippen molar-refractivity contribution < 1.29 is 14.3 Å². The van der Waals surface area contributed by atoms with Crippen molar-refractivity contribution in [2.24, 2.45) is 0 Å². The van der Waals surface area contributed by atoms with E-state index in [9.17, 15) is 9.59 Å². The van der Waals surface area contributed by atoms with Crippen LogP contribution in [-0.4, -0.2) is 28.8 Å². The van der Waals surface area contributed by atoms with Crippen LogP contribution in [-0.2, 0) is 6.54 Å². The monoisotopic (exact) mass is 358 g/mol. The molecule has 3 aromatic rings. The van der Waals surface area contributed by atoms with Crippen molar-refractivity contribution in [1.29, 1.82) is 0 Å². The molecule has 0 saturated carbocycles. The fourth-order valence-electron chi connectivity index (χ4n) is 3.33. The van der Waals surface area contributed by atoms with E-state index in [-0.39, 0.29) is 24.1 Å². The number of methoxy groups -OCH3 is 1. The lowest BCUT2D eigenvalue weighted by atomic mass is 10.00. The maximum atomic E-state index is 12.6. The van der Waals surface area contributed by atoms with Gasteiger partial charge in [-0.15, -0.1) is 0 Å². The Morgan fingerprint density at radius 3 is 2.56 bits per heavy atom. The zero-order valence-corrected chi connectivity index (χ0v) is 15.1. The first-order valence-electron chi connectivity index (χ1n) is 8.63. The predicted molar refractivity (Wildman–Crippen MR) is 102 cm³/mol. The van der Waals surface area contributed by atoms with E-state index in [0.717, 1.165) is 28.0 Å². The van der Waals surface area contributed by atoms with Crippen LogP contribution in [0.5, 0.6) is 5.75 Å². The quantitative estimate of drug-likeness (QED) is 0.665. The number of hydrogen-bond donors (Lipinski definition) is 0. The first kappa shape index (κ1) is 17.0. The minimum atomic E-state index is -0.358. The van der Waals surface area contributed by atoms with Crippen molar-refractivity contribution in [3.8, 4) is 16.9 Å². The summed E-state index contributed by atoms with van der Waals surface area (Å²) in [4.78, 5) is 30.4. The minimum absolute atomic E-state index is 0.191. The highest BCUT2D eigenvalue weighted by Gasteiger charge is 2.36. The summed E-state index contributed by atoms with van der Waals surface area (Å²) in [5.41, 5.74) is 4.52. The Kier molecular flexibility index (Phi) is 4.20. The Labute approximate surface area is 157 Å². The van der Waals surface area contributed by atoms with E-state index in [1.54, 1.807) is 19.2 Å². The summed E-state index contributed by atoms with van der Waals surface area (Å²) in [6, 6.07) is 17.1. The number of carbonyl (C=O) groups is 2. The number of ether oxygens (including phenoxy) is 1. The standard InChI is InChI=1S/C22H18N2O3/c1-14-5-3-6-16(11-14)18-12-15(8-9-19(18)27-2)13-24-21(25)17-7-4-10-23-20(17)22(24)26/h3-12H,13H2,1-2H3. The maximum absolute atomic E-state index is 12.6. The van der Waals surface area contributed by atoms with Crippen LogP contribution < -0.4 is 4.74 Å². The number of aryl methyl sites for hydroxylation is 1. The van der Waals surface area contributed by atoms with Gasteiger partial charge in [0.25, 0.3) is 11.8 Å². The number of fused-ring (bicyclic) bond motifs is 1. The number of benzene rings is 2. The molecule has 4 rings (SSSR count). The van der Waals surface area contributed by atoms with E-state index in [4.69, 9.17) is 4.74 Å². The Hall–Kier alpha value is -3.47. The molecule has 0 atom stereocenters. The van der Waals surface area contributed by atoms with Crippen LogP contribution in [0.2, 0.25) is 0 Å². The van der Waals surface area contributed by atoms with Crippen molar-refractivity contribution in [1.82, 2.24) is 9.88 Å².